The normalized spacial score (nSPS) is 18.6. The maximum atomic E-state index is 13.1. The summed E-state index contributed by atoms with van der Waals surface area (Å²) < 4.78 is 14.1. The smallest absolute Gasteiger partial charge is 0.356 e. The first-order chi connectivity index (χ1) is 23.1. The summed E-state index contributed by atoms with van der Waals surface area (Å²) in [5.41, 5.74) is 4.26. The quantitative estimate of drug-likeness (QED) is 0.347. The van der Waals surface area contributed by atoms with Crippen LogP contribution >= 0.6 is 0 Å². The second-order valence-corrected chi connectivity index (χ2v) is 12.3. The van der Waals surface area contributed by atoms with Crippen molar-refractivity contribution in [3.8, 4) is 22.9 Å². The number of imidazole rings is 2. The fourth-order valence-corrected chi connectivity index (χ4v) is 7.22. The number of aromatic nitrogens is 4. The van der Waals surface area contributed by atoms with Gasteiger partial charge in [-0.3, -0.25) is 23.5 Å². The van der Waals surface area contributed by atoms with Crippen LogP contribution in [0.3, 0.4) is 0 Å². The summed E-state index contributed by atoms with van der Waals surface area (Å²) in [6, 6.07) is 10.3. The number of carboxylic acids is 1. The van der Waals surface area contributed by atoms with Gasteiger partial charge in [-0.2, -0.15) is 0 Å². The topological polar surface area (TPSA) is 152 Å². The Morgan fingerprint density at radius 1 is 0.771 bits per heavy atom. The lowest BCUT2D eigenvalue weighted by Gasteiger charge is -2.23. The van der Waals surface area contributed by atoms with E-state index < -0.39 is 5.97 Å². The number of carbonyl (C=O) groups is 4. The number of rotatable bonds is 4. The number of ether oxygens (including phenoxy) is 2. The highest BCUT2D eigenvalue weighted by Gasteiger charge is 2.41. The summed E-state index contributed by atoms with van der Waals surface area (Å²) >= 11 is 0. The molecule has 0 spiro atoms. The highest BCUT2D eigenvalue weighted by Crippen LogP contribution is 2.42. The van der Waals surface area contributed by atoms with Gasteiger partial charge in [0.2, 0.25) is 0 Å². The molecule has 0 saturated carbocycles. The zero-order chi connectivity index (χ0) is 33.9. The van der Waals surface area contributed by atoms with Crippen molar-refractivity contribution >= 4 is 23.7 Å². The summed E-state index contributed by atoms with van der Waals surface area (Å²) in [5, 5.41) is 9.44. The number of hydrogen-bond donors (Lipinski definition) is 1. The Bertz CT molecular complexity index is 1980. The van der Waals surface area contributed by atoms with Crippen molar-refractivity contribution in [1.82, 2.24) is 33.8 Å². The van der Waals surface area contributed by atoms with Crippen LogP contribution in [0.2, 0.25) is 0 Å². The standard InChI is InChI=1S/C18H20N4O3.C16H15N3O4/c1-20(2)18(24)15-16-14-5-4-8-21(14)17(23)12-9-11(25-3)6-7-13(12)22(16)10-19-15;1-23-9-4-5-11-10(7-9)15(20)18-6-2-3-12(18)14-13(16(21)22)17-8-19(11)14/h6-7,9-10,14H,4-5,8H2,1-3H3;4-5,7-8,12H,2-3,6H2,1H3,(H,21,22)/t14-;12-/m00/s1. The van der Waals surface area contributed by atoms with E-state index >= 15 is 0 Å². The SMILES string of the molecule is COc1ccc2c(c1)C(=O)N1CCC[C@H]1c1c(C(=O)N(C)C)ncn1-2.COc1ccc2c(c1)C(=O)N1CCC[C@H]1c1c(C(=O)O)ncn1-2. The van der Waals surface area contributed by atoms with Crippen molar-refractivity contribution in [3.05, 3.63) is 83.0 Å². The summed E-state index contributed by atoms with van der Waals surface area (Å²) in [4.78, 5) is 63.7. The van der Waals surface area contributed by atoms with E-state index in [9.17, 15) is 24.3 Å². The van der Waals surface area contributed by atoms with E-state index in [-0.39, 0.29) is 35.5 Å². The van der Waals surface area contributed by atoms with E-state index in [2.05, 4.69) is 9.97 Å². The summed E-state index contributed by atoms with van der Waals surface area (Å²) in [5.74, 6) is -0.115. The molecule has 2 saturated heterocycles. The Morgan fingerprint density at radius 3 is 1.67 bits per heavy atom. The van der Waals surface area contributed by atoms with E-state index in [4.69, 9.17) is 9.47 Å². The molecule has 248 valence electrons. The Morgan fingerprint density at radius 2 is 1.23 bits per heavy atom. The maximum absolute atomic E-state index is 13.1. The first-order valence-electron chi connectivity index (χ1n) is 15.7. The fourth-order valence-electron chi connectivity index (χ4n) is 7.22. The first kappa shape index (κ1) is 31.0. The number of aromatic carboxylic acids is 1. The van der Waals surface area contributed by atoms with Gasteiger partial charge >= 0.3 is 5.97 Å². The second-order valence-electron chi connectivity index (χ2n) is 12.3. The molecule has 14 nitrogen and oxygen atoms in total. The lowest BCUT2D eigenvalue weighted by Crippen LogP contribution is -2.31. The van der Waals surface area contributed by atoms with E-state index in [0.717, 1.165) is 37.1 Å². The summed E-state index contributed by atoms with van der Waals surface area (Å²) in [7, 11) is 6.55. The molecule has 1 N–H and O–H groups in total. The molecule has 0 bridgehead atoms. The molecule has 0 unspecified atom stereocenters. The Kier molecular flexibility index (Phi) is 7.65. The van der Waals surface area contributed by atoms with E-state index in [1.807, 2.05) is 21.6 Å². The van der Waals surface area contributed by atoms with Crippen molar-refractivity contribution in [1.29, 1.82) is 0 Å². The van der Waals surface area contributed by atoms with Crippen molar-refractivity contribution < 1.29 is 33.8 Å². The Labute approximate surface area is 276 Å². The van der Waals surface area contributed by atoms with Gasteiger partial charge in [-0.25, -0.2) is 14.8 Å². The molecule has 48 heavy (non-hydrogen) atoms. The molecule has 2 aromatic heterocycles. The van der Waals surface area contributed by atoms with Crippen molar-refractivity contribution in [3.63, 3.8) is 0 Å². The van der Waals surface area contributed by atoms with Crippen LogP contribution < -0.4 is 9.47 Å². The van der Waals surface area contributed by atoms with Gasteiger partial charge in [-0.1, -0.05) is 0 Å². The van der Waals surface area contributed by atoms with Gasteiger partial charge in [0.25, 0.3) is 17.7 Å². The minimum absolute atomic E-state index is 0.0124. The van der Waals surface area contributed by atoms with Crippen LogP contribution in [0, 0.1) is 0 Å². The van der Waals surface area contributed by atoms with Gasteiger partial charge in [-0.05, 0) is 62.1 Å². The van der Waals surface area contributed by atoms with Gasteiger partial charge in [-0.15, -0.1) is 0 Å². The van der Waals surface area contributed by atoms with Gasteiger partial charge in [0.15, 0.2) is 11.4 Å². The number of nitrogens with zero attached hydrogens (tertiary/aromatic N) is 7. The fraction of sp³-hybridized carbons (Fsp3) is 0.353. The number of benzene rings is 2. The Balaban J connectivity index is 0.000000152. The average molecular weight is 654 g/mol. The van der Waals surface area contributed by atoms with Crippen LogP contribution in [-0.4, -0.2) is 104 Å². The highest BCUT2D eigenvalue weighted by molar-refractivity contribution is 6.01. The van der Waals surface area contributed by atoms with E-state index in [1.54, 1.807) is 68.4 Å². The van der Waals surface area contributed by atoms with Gasteiger partial charge in [0.1, 0.15) is 24.2 Å². The molecule has 0 radical (unpaired) electrons. The Hall–Kier alpha value is -5.66. The zero-order valence-corrected chi connectivity index (χ0v) is 27.0. The lowest BCUT2D eigenvalue weighted by atomic mass is 10.1. The maximum Gasteiger partial charge on any atom is 0.356 e. The third kappa shape index (κ3) is 4.78. The van der Waals surface area contributed by atoms with E-state index in [0.29, 0.717) is 52.8 Å². The summed E-state index contributed by atoms with van der Waals surface area (Å²) in [6.07, 6.45) is 6.46. The van der Waals surface area contributed by atoms with Crippen LogP contribution in [0.15, 0.2) is 49.1 Å². The van der Waals surface area contributed by atoms with Gasteiger partial charge in [0.05, 0.1) is 60.2 Å². The number of carbonyl (C=O) groups excluding carboxylic acids is 3. The molecule has 3 amide bonds. The number of carboxylic acid groups (broad SMARTS) is 1. The number of methoxy groups -OCH3 is 2. The van der Waals surface area contributed by atoms with Crippen molar-refractivity contribution in [2.75, 3.05) is 41.4 Å². The summed E-state index contributed by atoms with van der Waals surface area (Å²) in [6.45, 7) is 1.30. The van der Waals surface area contributed by atoms with Gasteiger partial charge in [0, 0.05) is 27.2 Å². The van der Waals surface area contributed by atoms with Crippen molar-refractivity contribution in [2.45, 2.75) is 37.8 Å². The number of fused-ring (bicyclic) bond motifs is 10. The van der Waals surface area contributed by atoms with Crippen LogP contribution in [-0.2, 0) is 0 Å². The third-order valence-corrected chi connectivity index (χ3v) is 9.47. The molecule has 2 fully saturated rings. The largest absolute Gasteiger partial charge is 0.497 e. The molecule has 14 heteroatoms. The molecule has 0 aliphatic carbocycles. The minimum atomic E-state index is -1.07. The van der Waals surface area contributed by atoms with Crippen LogP contribution in [0.4, 0.5) is 0 Å². The van der Waals surface area contributed by atoms with E-state index in [1.165, 1.54) is 11.2 Å². The van der Waals surface area contributed by atoms with Crippen molar-refractivity contribution in [2.24, 2.45) is 0 Å². The molecular formula is C34H35N7O7. The predicted molar refractivity (Wildman–Crippen MR) is 171 cm³/mol. The molecular weight excluding hydrogens is 618 g/mol. The third-order valence-electron chi connectivity index (χ3n) is 9.47. The van der Waals surface area contributed by atoms with Crippen LogP contribution in [0.5, 0.6) is 11.5 Å². The highest BCUT2D eigenvalue weighted by atomic mass is 16.5. The molecule has 6 heterocycles. The molecule has 2 aromatic carbocycles. The first-order valence-corrected chi connectivity index (χ1v) is 15.7. The zero-order valence-electron chi connectivity index (χ0n) is 27.0. The molecule has 4 aliphatic rings. The van der Waals surface area contributed by atoms with Crippen LogP contribution in [0.25, 0.3) is 11.4 Å². The molecule has 4 aliphatic heterocycles. The molecule has 2 atom stereocenters. The number of hydrogen-bond acceptors (Lipinski definition) is 8. The van der Waals surface area contributed by atoms with Crippen LogP contribution in [0.1, 0.15) is 90.8 Å². The lowest BCUT2D eigenvalue weighted by molar-refractivity contribution is 0.0673. The van der Waals surface area contributed by atoms with Gasteiger partial charge < -0.3 is 29.3 Å². The second kappa shape index (κ2) is 11.9. The predicted octanol–water partition coefficient (Wildman–Crippen LogP) is 3.74. The monoisotopic (exact) mass is 653 g/mol. The molecule has 4 aromatic rings. The average Bonchev–Trinajstić information content (AvgIpc) is 3.90. The molecule has 8 rings (SSSR count). The number of amides is 3. The minimum Gasteiger partial charge on any atom is -0.497 e.